The molecule has 5 nitrogen and oxygen atoms in total. The lowest BCUT2D eigenvalue weighted by molar-refractivity contribution is 0.0660. The summed E-state index contributed by atoms with van der Waals surface area (Å²) in [5.41, 5.74) is 8.39. The third-order valence-electron chi connectivity index (χ3n) is 4.92. The van der Waals surface area contributed by atoms with Crippen LogP contribution in [0.15, 0.2) is 24.3 Å². The summed E-state index contributed by atoms with van der Waals surface area (Å²) < 4.78 is 16.2. The molecular weight excluding hydrogens is 319 g/mol. The minimum absolute atomic E-state index is 0.0562. The van der Waals surface area contributed by atoms with Crippen molar-refractivity contribution in [2.45, 2.75) is 39.7 Å². The van der Waals surface area contributed by atoms with Gasteiger partial charge in [0.05, 0.1) is 5.69 Å². The van der Waals surface area contributed by atoms with Gasteiger partial charge in [0.1, 0.15) is 11.5 Å². The van der Waals surface area contributed by atoms with Crippen molar-refractivity contribution in [3.8, 4) is 5.69 Å². The molecule has 0 aliphatic carbocycles. The lowest BCUT2D eigenvalue weighted by Crippen LogP contribution is -2.45. The molecule has 2 N–H and O–H groups in total. The number of hydrogen-bond donors (Lipinski definition) is 1. The van der Waals surface area contributed by atoms with Gasteiger partial charge in [0, 0.05) is 30.4 Å². The summed E-state index contributed by atoms with van der Waals surface area (Å²) in [6.45, 7) is 7.05. The summed E-state index contributed by atoms with van der Waals surface area (Å²) in [6.07, 6.45) is 1.97. The molecule has 3 rings (SSSR count). The first-order chi connectivity index (χ1) is 11.9. The molecule has 0 spiro atoms. The first kappa shape index (κ1) is 17.6. The van der Waals surface area contributed by atoms with E-state index in [-0.39, 0.29) is 11.9 Å². The molecule has 1 amide bonds. The minimum atomic E-state index is -0.446. The molecule has 1 aliphatic heterocycles. The summed E-state index contributed by atoms with van der Waals surface area (Å²) >= 11 is 0. The number of rotatable bonds is 3. The molecule has 6 heteroatoms. The molecule has 0 radical (unpaired) electrons. The maximum atomic E-state index is 14.6. The van der Waals surface area contributed by atoms with Gasteiger partial charge in [0.25, 0.3) is 5.91 Å². The van der Waals surface area contributed by atoms with Crippen molar-refractivity contribution in [1.29, 1.82) is 0 Å². The van der Waals surface area contributed by atoms with Gasteiger partial charge in [-0.25, -0.2) is 9.07 Å². The van der Waals surface area contributed by atoms with Crippen molar-refractivity contribution in [2.75, 3.05) is 13.1 Å². The maximum Gasteiger partial charge on any atom is 0.253 e. The van der Waals surface area contributed by atoms with Crippen molar-refractivity contribution in [1.82, 2.24) is 14.7 Å². The van der Waals surface area contributed by atoms with Gasteiger partial charge in [-0.05, 0) is 63.8 Å². The predicted molar refractivity (Wildman–Crippen MR) is 95.3 cm³/mol. The van der Waals surface area contributed by atoms with Gasteiger partial charge in [-0.1, -0.05) is 0 Å². The normalized spacial score (nSPS) is 19.1. The summed E-state index contributed by atoms with van der Waals surface area (Å²) in [5, 5.41) is 4.30. The largest absolute Gasteiger partial charge is 0.338 e. The van der Waals surface area contributed by atoms with Gasteiger partial charge in [0.2, 0.25) is 0 Å². The number of carbonyl (C=O) groups is 1. The number of carbonyl (C=O) groups excluding carboxylic acids is 1. The van der Waals surface area contributed by atoms with E-state index in [0.29, 0.717) is 30.3 Å². The number of amides is 1. The zero-order valence-electron chi connectivity index (χ0n) is 15.0. The number of nitrogens with two attached hydrogens (primary N) is 1. The second-order valence-corrected chi connectivity index (χ2v) is 7.02. The molecule has 1 aromatic carbocycles. The Kier molecular flexibility index (Phi) is 4.90. The molecule has 1 fully saturated rings. The summed E-state index contributed by atoms with van der Waals surface area (Å²) in [7, 11) is 0. The number of halogens is 1. The Labute approximate surface area is 147 Å². The van der Waals surface area contributed by atoms with E-state index in [1.54, 1.807) is 21.7 Å². The molecule has 25 heavy (non-hydrogen) atoms. The number of piperidine rings is 1. The highest BCUT2D eigenvalue weighted by Gasteiger charge is 2.27. The predicted octanol–water partition coefficient (Wildman–Crippen LogP) is 2.83. The first-order valence-electron chi connectivity index (χ1n) is 8.75. The van der Waals surface area contributed by atoms with Crippen molar-refractivity contribution >= 4 is 5.91 Å². The van der Waals surface area contributed by atoms with E-state index >= 15 is 0 Å². The van der Waals surface area contributed by atoms with Gasteiger partial charge in [-0.2, -0.15) is 5.10 Å². The van der Waals surface area contributed by atoms with Crippen LogP contribution >= 0.6 is 0 Å². The molecule has 1 aromatic heterocycles. The van der Waals surface area contributed by atoms with Crippen LogP contribution in [-0.2, 0) is 0 Å². The minimum Gasteiger partial charge on any atom is -0.338 e. The van der Waals surface area contributed by atoms with Crippen molar-refractivity contribution in [2.24, 2.45) is 11.7 Å². The average Bonchev–Trinajstić information content (AvgIpc) is 2.92. The van der Waals surface area contributed by atoms with Gasteiger partial charge in [-0.3, -0.25) is 4.79 Å². The number of aromatic nitrogens is 2. The van der Waals surface area contributed by atoms with Crippen molar-refractivity contribution in [3.63, 3.8) is 0 Å². The first-order valence-corrected chi connectivity index (χ1v) is 8.75. The Morgan fingerprint density at radius 2 is 2.12 bits per heavy atom. The molecule has 0 saturated carbocycles. The van der Waals surface area contributed by atoms with Crippen LogP contribution in [0.3, 0.4) is 0 Å². The highest BCUT2D eigenvalue weighted by Crippen LogP contribution is 2.22. The highest BCUT2D eigenvalue weighted by atomic mass is 19.1. The third kappa shape index (κ3) is 3.58. The van der Waals surface area contributed by atoms with E-state index in [0.717, 1.165) is 24.2 Å². The number of likely N-dealkylation sites (tertiary alicyclic amines) is 1. The number of benzene rings is 1. The van der Waals surface area contributed by atoms with Crippen LogP contribution in [0, 0.1) is 25.6 Å². The molecule has 1 aliphatic rings. The van der Waals surface area contributed by atoms with Gasteiger partial charge in [0.15, 0.2) is 0 Å². The van der Waals surface area contributed by atoms with Gasteiger partial charge < -0.3 is 10.6 Å². The summed E-state index contributed by atoms with van der Waals surface area (Å²) in [6, 6.07) is 6.55. The highest BCUT2D eigenvalue weighted by molar-refractivity contribution is 5.94. The zero-order chi connectivity index (χ0) is 18.1. The second-order valence-electron chi connectivity index (χ2n) is 7.02. The van der Waals surface area contributed by atoms with Crippen LogP contribution in [0.25, 0.3) is 5.69 Å². The molecule has 2 atom stereocenters. The van der Waals surface area contributed by atoms with Gasteiger partial charge >= 0.3 is 0 Å². The molecule has 134 valence electrons. The van der Waals surface area contributed by atoms with Crippen molar-refractivity contribution < 1.29 is 9.18 Å². The standard InChI is InChI=1S/C19H25FN4O/c1-12-9-13(2)24(22-12)18-7-6-15(10-17(18)20)19(25)23-8-4-5-16(11-23)14(3)21/h6-7,9-10,14,16H,4-5,8,11,21H2,1-3H3. The molecule has 2 aromatic rings. The maximum absolute atomic E-state index is 14.6. The van der Waals surface area contributed by atoms with Gasteiger partial charge in [-0.15, -0.1) is 0 Å². The average molecular weight is 344 g/mol. The Morgan fingerprint density at radius 1 is 1.36 bits per heavy atom. The lowest BCUT2D eigenvalue weighted by atomic mass is 9.92. The molecule has 1 saturated heterocycles. The summed E-state index contributed by atoms with van der Waals surface area (Å²) in [5.74, 6) is -0.279. The van der Waals surface area contributed by atoms with E-state index < -0.39 is 5.82 Å². The smallest absolute Gasteiger partial charge is 0.253 e. The fourth-order valence-corrected chi connectivity index (χ4v) is 3.49. The van der Waals surface area contributed by atoms with Crippen LogP contribution in [-0.4, -0.2) is 39.7 Å². The molecule has 2 heterocycles. The van der Waals surface area contributed by atoms with E-state index in [1.165, 1.54) is 6.07 Å². The lowest BCUT2D eigenvalue weighted by Gasteiger charge is -2.34. The van der Waals surface area contributed by atoms with E-state index in [2.05, 4.69) is 5.10 Å². The number of hydrogen-bond acceptors (Lipinski definition) is 3. The van der Waals surface area contributed by atoms with Crippen molar-refractivity contribution in [3.05, 3.63) is 47.0 Å². The molecule has 0 bridgehead atoms. The Bertz CT molecular complexity index is 784. The van der Waals surface area contributed by atoms with E-state index in [9.17, 15) is 9.18 Å². The quantitative estimate of drug-likeness (QED) is 0.931. The van der Waals surface area contributed by atoms with E-state index in [1.807, 2.05) is 26.8 Å². The summed E-state index contributed by atoms with van der Waals surface area (Å²) in [4.78, 5) is 14.5. The van der Waals surface area contributed by atoms with Crippen LogP contribution in [0.1, 0.15) is 41.5 Å². The van der Waals surface area contributed by atoms with E-state index in [4.69, 9.17) is 5.73 Å². The number of aryl methyl sites for hydroxylation is 2. The van der Waals surface area contributed by atoms with Crippen LogP contribution in [0.2, 0.25) is 0 Å². The van der Waals surface area contributed by atoms with Crippen LogP contribution < -0.4 is 5.73 Å². The SMILES string of the molecule is Cc1cc(C)n(-c2ccc(C(=O)N3CCCC(C(C)N)C3)cc2F)n1. The molecular formula is C19H25FN4O. The fourth-order valence-electron chi connectivity index (χ4n) is 3.49. The Balaban J connectivity index is 1.83. The van der Waals surface area contributed by atoms with Crippen LogP contribution in [0.4, 0.5) is 4.39 Å². The Morgan fingerprint density at radius 3 is 2.72 bits per heavy atom. The zero-order valence-corrected chi connectivity index (χ0v) is 15.0. The monoisotopic (exact) mass is 344 g/mol. The fraction of sp³-hybridized carbons (Fsp3) is 0.474. The van der Waals surface area contributed by atoms with Crippen LogP contribution in [0.5, 0.6) is 0 Å². The Hall–Kier alpha value is -2.21. The molecule has 2 unspecified atom stereocenters. The topological polar surface area (TPSA) is 64.2 Å². The number of nitrogens with zero attached hydrogens (tertiary/aromatic N) is 3. The third-order valence-corrected chi connectivity index (χ3v) is 4.92. The second kappa shape index (κ2) is 6.96.